The van der Waals surface area contributed by atoms with E-state index in [9.17, 15) is 4.79 Å². The van der Waals surface area contributed by atoms with Crippen molar-refractivity contribution in [1.29, 1.82) is 0 Å². The Morgan fingerprint density at radius 1 is 1.17 bits per heavy atom. The van der Waals surface area contributed by atoms with Crippen LogP contribution >= 0.6 is 0 Å². The molecule has 2 aromatic heterocycles. The van der Waals surface area contributed by atoms with Crippen molar-refractivity contribution in [3.05, 3.63) is 90.2 Å². The zero-order valence-electron chi connectivity index (χ0n) is 16.2. The number of carbonyl (C=O) groups excluding carboxylic acids is 1. The van der Waals surface area contributed by atoms with Crippen LogP contribution in [0.2, 0.25) is 0 Å². The lowest BCUT2D eigenvalue weighted by molar-refractivity contribution is -0.117. The minimum Gasteiger partial charge on any atom is -0.460 e. The predicted octanol–water partition coefficient (Wildman–Crippen LogP) is 4.16. The van der Waals surface area contributed by atoms with Crippen molar-refractivity contribution in [3.8, 4) is 0 Å². The van der Waals surface area contributed by atoms with Gasteiger partial charge in [-0.2, -0.15) is 5.10 Å². The molecule has 29 heavy (non-hydrogen) atoms. The van der Waals surface area contributed by atoms with Gasteiger partial charge in [0.2, 0.25) is 5.91 Å². The van der Waals surface area contributed by atoms with Crippen LogP contribution < -0.4 is 5.32 Å². The van der Waals surface area contributed by atoms with E-state index in [2.05, 4.69) is 15.4 Å². The summed E-state index contributed by atoms with van der Waals surface area (Å²) in [4.78, 5) is 16.7. The highest BCUT2D eigenvalue weighted by Gasteiger charge is 2.15. The molecule has 0 spiro atoms. The minimum absolute atomic E-state index is 0.175. The topological polar surface area (TPSA) is 73.0 Å². The lowest BCUT2D eigenvalue weighted by Gasteiger charge is -2.18. The molecule has 146 valence electrons. The quantitative estimate of drug-likeness (QED) is 0.484. The highest BCUT2D eigenvalue weighted by molar-refractivity contribution is 5.96. The molecule has 1 unspecified atom stereocenters. The van der Waals surface area contributed by atoms with Gasteiger partial charge in [-0.1, -0.05) is 55.5 Å². The number of benzene rings is 2. The molecule has 0 aliphatic heterocycles. The molecule has 0 aliphatic rings. The monoisotopic (exact) mass is 386 g/mol. The van der Waals surface area contributed by atoms with Crippen molar-refractivity contribution in [3.63, 3.8) is 0 Å². The number of hydrogen-bond acceptors (Lipinski definition) is 4. The number of rotatable bonds is 7. The Balaban J connectivity index is 1.55. The first kappa shape index (κ1) is 18.7. The second kappa shape index (κ2) is 8.56. The third-order valence-electron chi connectivity index (χ3n) is 4.79. The van der Waals surface area contributed by atoms with E-state index in [0.29, 0.717) is 6.54 Å². The van der Waals surface area contributed by atoms with Crippen LogP contribution in [0.3, 0.4) is 0 Å². The molecule has 4 aromatic rings. The van der Waals surface area contributed by atoms with Gasteiger partial charge in [0.05, 0.1) is 12.6 Å². The summed E-state index contributed by atoms with van der Waals surface area (Å²) in [6.07, 6.45) is 7.28. The van der Waals surface area contributed by atoms with E-state index in [0.717, 1.165) is 34.3 Å². The molecule has 6 heteroatoms. The maximum Gasteiger partial charge on any atom is 0.244 e. The smallest absolute Gasteiger partial charge is 0.244 e. The molecule has 6 nitrogen and oxygen atoms in total. The normalized spacial score (nSPS) is 12.4. The Kier molecular flexibility index (Phi) is 5.52. The van der Waals surface area contributed by atoms with Gasteiger partial charge in [-0.05, 0) is 17.7 Å². The summed E-state index contributed by atoms with van der Waals surface area (Å²) in [7, 11) is 0. The Morgan fingerprint density at radius 3 is 2.72 bits per heavy atom. The Labute approximate surface area is 168 Å². The van der Waals surface area contributed by atoms with E-state index in [1.165, 1.54) is 6.33 Å². The third kappa shape index (κ3) is 4.27. The molecule has 2 aromatic carbocycles. The fourth-order valence-electron chi connectivity index (χ4n) is 3.37. The molecule has 4 rings (SSSR count). The van der Waals surface area contributed by atoms with E-state index in [1.807, 2.05) is 67.6 Å². The second-order valence-corrected chi connectivity index (χ2v) is 6.71. The van der Waals surface area contributed by atoms with E-state index >= 15 is 0 Å². The number of nitrogens with zero attached hydrogens (tertiary/aromatic N) is 3. The van der Waals surface area contributed by atoms with Gasteiger partial charge in [0.15, 0.2) is 0 Å². The zero-order chi connectivity index (χ0) is 20.1. The number of amides is 1. The van der Waals surface area contributed by atoms with Crippen LogP contribution in [-0.4, -0.2) is 20.7 Å². The molecule has 2 heterocycles. The number of carbonyl (C=O) groups is 1. The number of para-hydroxylation sites is 1. The van der Waals surface area contributed by atoms with E-state index < -0.39 is 0 Å². The average Bonchev–Trinajstić information content (AvgIpc) is 3.39. The fraction of sp³-hybridized carbons (Fsp3) is 0.174. The van der Waals surface area contributed by atoms with Gasteiger partial charge < -0.3 is 9.73 Å². The van der Waals surface area contributed by atoms with Gasteiger partial charge in [-0.3, -0.25) is 9.48 Å². The minimum atomic E-state index is -0.221. The van der Waals surface area contributed by atoms with Crippen LogP contribution in [0.4, 0.5) is 0 Å². The highest BCUT2D eigenvalue weighted by Crippen LogP contribution is 2.27. The molecule has 1 N–H and O–H groups in total. The van der Waals surface area contributed by atoms with Crippen molar-refractivity contribution in [2.75, 3.05) is 0 Å². The van der Waals surface area contributed by atoms with Crippen LogP contribution in [0.25, 0.3) is 17.0 Å². The van der Waals surface area contributed by atoms with Crippen molar-refractivity contribution in [2.24, 2.45) is 0 Å². The molecular weight excluding hydrogens is 364 g/mol. The van der Waals surface area contributed by atoms with Crippen LogP contribution in [0.1, 0.15) is 29.9 Å². The highest BCUT2D eigenvalue weighted by atomic mass is 16.3. The molecule has 1 amide bonds. The fourth-order valence-corrected chi connectivity index (χ4v) is 3.37. The second-order valence-electron chi connectivity index (χ2n) is 6.71. The van der Waals surface area contributed by atoms with Gasteiger partial charge in [0.25, 0.3) is 0 Å². The van der Waals surface area contributed by atoms with E-state index in [1.54, 1.807) is 17.1 Å². The maximum absolute atomic E-state index is 12.7. The summed E-state index contributed by atoms with van der Waals surface area (Å²) in [6.45, 7) is 2.54. The zero-order valence-corrected chi connectivity index (χ0v) is 16.2. The van der Waals surface area contributed by atoms with Crippen molar-refractivity contribution >= 4 is 23.0 Å². The average molecular weight is 386 g/mol. The van der Waals surface area contributed by atoms with Gasteiger partial charge in [-0.25, -0.2) is 4.98 Å². The molecule has 0 fully saturated rings. The standard InChI is InChI=1S/C23H22N4O2/c1-2-21-19(18-10-6-7-11-22(18)29-21)12-13-23(28)26-20(14-27-16-24-15-25-27)17-8-4-3-5-9-17/h3-13,15-16,20H,2,14H2,1H3,(H,26,28)/b13-12+. The number of nitrogens with one attached hydrogen (secondary N) is 1. The number of fused-ring (bicyclic) bond motifs is 1. The molecule has 1 atom stereocenters. The largest absolute Gasteiger partial charge is 0.460 e. The summed E-state index contributed by atoms with van der Waals surface area (Å²) in [5, 5.41) is 8.24. The number of furan rings is 1. The molecule has 0 saturated carbocycles. The Morgan fingerprint density at radius 2 is 1.97 bits per heavy atom. The van der Waals surface area contributed by atoms with E-state index in [4.69, 9.17) is 4.42 Å². The van der Waals surface area contributed by atoms with Crippen LogP contribution in [0.5, 0.6) is 0 Å². The SMILES string of the molecule is CCc1oc2ccccc2c1/C=C/C(=O)NC(Cn1cncn1)c1ccccc1. The number of aromatic nitrogens is 3. The Bertz CT molecular complexity index is 1110. The van der Waals surface area contributed by atoms with Crippen molar-refractivity contribution in [2.45, 2.75) is 25.9 Å². The lowest BCUT2D eigenvalue weighted by Crippen LogP contribution is -2.30. The molecular formula is C23H22N4O2. The molecule has 0 radical (unpaired) electrons. The Hall–Kier alpha value is -3.67. The number of hydrogen-bond donors (Lipinski definition) is 1. The molecule has 0 bridgehead atoms. The van der Waals surface area contributed by atoms with Gasteiger partial charge in [0, 0.05) is 23.4 Å². The maximum atomic E-state index is 12.7. The van der Waals surface area contributed by atoms with Crippen LogP contribution in [0, 0.1) is 0 Å². The molecule has 0 aliphatic carbocycles. The summed E-state index contributed by atoms with van der Waals surface area (Å²) >= 11 is 0. The first-order valence-electron chi connectivity index (χ1n) is 9.61. The van der Waals surface area contributed by atoms with E-state index in [-0.39, 0.29) is 11.9 Å². The first-order valence-corrected chi connectivity index (χ1v) is 9.61. The summed E-state index contributed by atoms with van der Waals surface area (Å²) < 4.78 is 7.61. The number of aryl methyl sites for hydroxylation is 1. The lowest BCUT2D eigenvalue weighted by atomic mass is 10.1. The van der Waals surface area contributed by atoms with Crippen molar-refractivity contribution < 1.29 is 9.21 Å². The van der Waals surface area contributed by atoms with Crippen molar-refractivity contribution in [1.82, 2.24) is 20.1 Å². The third-order valence-corrected chi connectivity index (χ3v) is 4.79. The van der Waals surface area contributed by atoms with Crippen LogP contribution in [-0.2, 0) is 17.8 Å². The summed E-state index contributed by atoms with van der Waals surface area (Å²) in [5.74, 6) is 0.698. The predicted molar refractivity (Wildman–Crippen MR) is 112 cm³/mol. The first-order chi connectivity index (χ1) is 14.2. The van der Waals surface area contributed by atoms with Gasteiger partial charge in [0.1, 0.15) is 24.0 Å². The van der Waals surface area contributed by atoms with Crippen LogP contribution in [0.15, 0.2) is 77.7 Å². The summed E-state index contributed by atoms with van der Waals surface area (Å²) in [5.41, 5.74) is 2.79. The van der Waals surface area contributed by atoms with Gasteiger partial charge in [-0.15, -0.1) is 0 Å². The molecule has 0 saturated heterocycles. The summed E-state index contributed by atoms with van der Waals surface area (Å²) in [6, 6.07) is 17.5. The van der Waals surface area contributed by atoms with Gasteiger partial charge >= 0.3 is 0 Å².